The normalized spacial score (nSPS) is 12.1. The number of benzene rings is 1. The summed E-state index contributed by atoms with van der Waals surface area (Å²) < 4.78 is 10.6. The highest BCUT2D eigenvalue weighted by Crippen LogP contribution is 2.22. The number of hydrogen-bond donors (Lipinski definition) is 2. The summed E-state index contributed by atoms with van der Waals surface area (Å²) in [6.07, 6.45) is 4.18. The Morgan fingerprint density at radius 2 is 1.66 bits per heavy atom. The van der Waals surface area contributed by atoms with E-state index in [1.54, 1.807) is 57.4 Å². The molecule has 0 spiro atoms. The van der Waals surface area contributed by atoms with Gasteiger partial charge in [-0.3, -0.25) is 9.78 Å². The molecule has 7 heteroatoms. The minimum Gasteiger partial charge on any atom is -0.467 e. The fourth-order valence-electron chi connectivity index (χ4n) is 2.65. The number of furan rings is 1. The van der Waals surface area contributed by atoms with E-state index >= 15 is 0 Å². The predicted octanol–water partition coefficient (Wildman–Crippen LogP) is 4.55. The quantitative estimate of drug-likeness (QED) is 0.663. The number of rotatable bonds is 5. The Bertz CT molecular complexity index is 946. The van der Waals surface area contributed by atoms with Crippen molar-refractivity contribution in [2.24, 2.45) is 0 Å². The molecule has 1 aromatic carbocycles. The first-order valence-corrected chi connectivity index (χ1v) is 9.16. The number of carbonyl (C=O) groups excluding carboxylic acids is 2. The van der Waals surface area contributed by atoms with Gasteiger partial charge >= 0.3 is 6.09 Å². The van der Waals surface area contributed by atoms with Crippen molar-refractivity contribution in [3.8, 4) is 11.1 Å². The second-order valence-corrected chi connectivity index (χ2v) is 7.40. The lowest BCUT2D eigenvalue weighted by atomic mass is 10.1. The summed E-state index contributed by atoms with van der Waals surface area (Å²) in [5.74, 6) is -0.135. The molecule has 29 heavy (non-hydrogen) atoms. The largest absolute Gasteiger partial charge is 0.467 e. The predicted molar refractivity (Wildman–Crippen MR) is 109 cm³/mol. The van der Waals surface area contributed by atoms with Crippen LogP contribution in [0.1, 0.15) is 32.6 Å². The van der Waals surface area contributed by atoms with Crippen LogP contribution in [0.15, 0.2) is 71.6 Å². The molecule has 0 aliphatic heterocycles. The molecule has 3 rings (SSSR count). The molecule has 2 heterocycles. The van der Waals surface area contributed by atoms with E-state index in [1.807, 2.05) is 24.3 Å². The number of alkyl carbamates (subject to hydrolysis) is 1. The molecule has 2 amide bonds. The van der Waals surface area contributed by atoms with Gasteiger partial charge in [0, 0.05) is 18.1 Å². The van der Waals surface area contributed by atoms with Gasteiger partial charge in [-0.2, -0.15) is 0 Å². The Balaban J connectivity index is 1.72. The van der Waals surface area contributed by atoms with Crippen LogP contribution in [0, 0.1) is 0 Å². The number of nitrogens with zero attached hydrogens (tertiary/aromatic N) is 1. The van der Waals surface area contributed by atoms with E-state index in [-0.39, 0.29) is 0 Å². The first-order chi connectivity index (χ1) is 13.8. The van der Waals surface area contributed by atoms with E-state index in [1.165, 1.54) is 6.26 Å². The van der Waals surface area contributed by atoms with Gasteiger partial charge in [0.15, 0.2) is 6.04 Å². The topological polar surface area (TPSA) is 93.5 Å². The summed E-state index contributed by atoms with van der Waals surface area (Å²) in [4.78, 5) is 29.0. The molecule has 0 saturated heterocycles. The van der Waals surface area contributed by atoms with Gasteiger partial charge in [0.2, 0.25) is 0 Å². The Morgan fingerprint density at radius 3 is 2.24 bits per heavy atom. The monoisotopic (exact) mass is 393 g/mol. The lowest BCUT2D eigenvalue weighted by Gasteiger charge is -2.22. The Kier molecular flexibility index (Phi) is 5.97. The highest BCUT2D eigenvalue weighted by molar-refractivity contribution is 5.97. The number of aromatic nitrogens is 1. The van der Waals surface area contributed by atoms with Crippen molar-refractivity contribution in [2.45, 2.75) is 32.4 Å². The first-order valence-electron chi connectivity index (χ1n) is 9.16. The van der Waals surface area contributed by atoms with Crippen LogP contribution >= 0.6 is 0 Å². The smallest absolute Gasteiger partial charge is 0.408 e. The third-order valence-electron chi connectivity index (χ3n) is 3.92. The highest BCUT2D eigenvalue weighted by Gasteiger charge is 2.28. The van der Waals surface area contributed by atoms with Gasteiger partial charge in [-0.05, 0) is 68.3 Å². The number of nitrogens with one attached hydrogen (secondary N) is 2. The zero-order chi connectivity index (χ0) is 20.9. The number of ether oxygens (including phenoxy) is 1. The maximum Gasteiger partial charge on any atom is 0.408 e. The van der Waals surface area contributed by atoms with Crippen molar-refractivity contribution < 1.29 is 18.7 Å². The van der Waals surface area contributed by atoms with Crippen LogP contribution in [0.5, 0.6) is 0 Å². The van der Waals surface area contributed by atoms with Crippen molar-refractivity contribution in [3.63, 3.8) is 0 Å². The number of pyridine rings is 1. The number of hydrogen-bond acceptors (Lipinski definition) is 5. The second kappa shape index (κ2) is 8.60. The molecular formula is C22H23N3O4. The van der Waals surface area contributed by atoms with Crippen LogP contribution in [-0.2, 0) is 9.53 Å². The molecule has 7 nitrogen and oxygen atoms in total. The Morgan fingerprint density at radius 1 is 1.00 bits per heavy atom. The van der Waals surface area contributed by atoms with Crippen molar-refractivity contribution in [3.05, 3.63) is 72.9 Å². The Labute approximate surface area is 169 Å². The van der Waals surface area contributed by atoms with E-state index in [9.17, 15) is 9.59 Å². The summed E-state index contributed by atoms with van der Waals surface area (Å²) >= 11 is 0. The van der Waals surface area contributed by atoms with Crippen molar-refractivity contribution in [1.82, 2.24) is 10.3 Å². The molecule has 2 N–H and O–H groups in total. The zero-order valence-corrected chi connectivity index (χ0v) is 16.5. The molecule has 2 aromatic heterocycles. The van der Waals surface area contributed by atoms with Gasteiger partial charge in [-0.1, -0.05) is 12.1 Å². The van der Waals surface area contributed by atoms with Crippen molar-refractivity contribution in [1.29, 1.82) is 0 Å². The molecule has 0 aliphatic carbocycles. The number of anilines is 1. The molecule has 0 fully saturated rings. The van der Waals surface area contributed by atoms with Gasteiger partial charge in [-0.25, -0.2) is 4.79 Å². The molecule has 1 atom stereocenters. The number of amides is 2. The van der Waals surface area contributed by atoms with E-state index in [0.29, 0.717) is 11.4 Å². The summed E-state index contributed by atoms with van der Waals surface area (Å²) in [5, 5.41) is 5.35. The average Bonchev–Trinajstić information content (AvgIpc) is 3.20. The summed E-state index contributed by atoms with van der Waals surface area (Å²) in [5.41, 5.74) is 1.94. The summed E-state index contributed by atoms with van der Waals surface area (Å²) in [6.45, 7) is 5.25. The first kappa shape index (κ1) is 20.1. The molecule has 3 aromatic rings. The molecule has 0 bridgehead atoms. The average molecular weight is 393 g/mol. The maximum atomic E-state index is 12.8. The van der Waals surface area contributed by atoms with E-state index in [0.717, 1.165) is 11.1 Å². The van der Waals surface area contributed by atoms with Crippen LogP contribution in [-0.4, -0.2) is 22.6 Å². The third kappa shape index (κ3) is 5.68. The minimum atomic E-state index is -1.03. The zero-order valence-electron chi connectivity index (χ0n) is 16.5. The Hall–Kier alpha value is -3.61. The molecule has 0 aliphatic rings. The summed E-state index contributed by atoms with van der Waals surface area (Å²) in [6, 6.07) is 13.4. The van der Waals surface area contributed by atoms with Gasteiger partial charge in [-0.15, -0.1) is 0 Å². The fourth-order valence-corrected chi connectivity index (χ4v) is 2.65. The molecule has 0 saturated carbocycles. The van der Waals surface area contributed by atoms with E-state index in [2.05, 4.69) is 15.6 Å². The van der Waals surface area contributed by atoms with Crippen LogP contribution in [0.3, 0.4) is 0 Å². The second-order valence-electron chi connectivity index (χ2n) is 7.40. The van der Waals surface area contributed by atoms with E-state index < -0.39 is 23.6 Å². The van der Waals surface area contributed by atoms with Gasteiger partial charge < -0.3 is 19.8 Å². The molecular weight excluding hydrogens is 370 g/mol. The highest BCUT2D eigenvalue weighted by atomic mass is 16.6. The third-order valence-corrected chi connectivity index (χ3v) is 3.92. The molecule has 150 valence electrons. The molecule has 1 unspecified atom stereocenters. The lowest BCUT2D eigenvalue weighted by molar-refractivity contribution is -0.118. The van der Waals surface area contributed by atoms with Crippen LogP contribution in [0.2, 0.25) is 0 Å². The van der Waals surface area contributed by atoms with Crippen molar-refractivity contribution >= 4 is 17.7 Å². The number of carbonyl (C=O) groups is 2. The van der Waals surface area contributed by atoms with Crippen LogP contribution in [0.25, 0.3) is 11.1 Å². The van der Waals surface area contributed by atoms with Gasteiger partial charge in [0.05, 0.1) is 6.26 Å². The maximum absolute atomic E-state index is 12.8. The van der Waals surface area contributed by atoms with Gasteiger partial charge in [0.1, 0.15) is 11.4 Å². The van der Waals surface area contributed by atoms with Crippen molar-refractivity contribution in [2.75, 3.05) is 5.32 Å². The summed E-state index contributed by atoms with van der Waals surface area (Å²) in [7, 11) is 0. The van der Waals surface area contributed by atoms with E-state index in [4.69, 9.17) is 9.15 Å². The van der Waals surface area contributed by atoms with Crippen LogP contribution in [0.4, 0.5) is 10.5 Å². The fraction of sp³-hybridized carbons (Fsp3) is 0.227. The standard InChI is InChI=1S/C22H23N3O4/c1-22(2,3)29-21(27)25-19(18-5-4-14-28-18)20(26)24-17-8-6-15(7-9-17)16-10-12-23-13-11-16/h4-14,19H,1-3H3,(H,24,26)(H,25,27). The molecule has 0 radical (unpaired) electrons. The lowest BCUT2D eigenvalue weighted by Crippen LogP contribution is -2.40. The minimum absolute atomic E-state index is 0.307. The van der Waals surface area contributed by atoms with Crippen LogP contribution < -0.4 is 10.6 Å². The van der Waals surface area contributed by atoms with Gasteiger partial charge in [0.25, 0.3) is 5.91 Å². The SMILES string of the molecule is CC(C)(C)OC(=O)NC(C(=O)Nc1ccc(-c2ccncc2)cc1)c1ccco1.